The number of benzene rings is 4. The van der Waals surface area contributed by atoms with E-state index in [1.54, 1.807) is 0 Å². The highest BCUT2D eigenvalue weighted by Gasteiger charge is 2.30. The van der Waals surface area contributed by atoms with Gasteiger partial charge in [0.15, 0.2) is 0 Å². The first-order valence-electron chi connectivity index (χ1n) is 19.3. The van der Waals surface area contributed by atoms with Crippen LogP contribution in [-0.4, -0.2) is 23.9 Å². The number of esters is 2. The summed E-state index contributed by atoms with van der Waals surface area (Å²) in [5.74, 6) is 1.13. The summed E-state index contributed by atoms with van der Waals surface area (Å²) in [6, 6.07) is 31.7. The van der Waals surface area contributed by atoms with Crippen molar-refractivity contribution < 1.29 is 28.6 Å². The summed E-state index contributed by atoms with van der Waals surface area (Å²) in [7, 11) is 0. The van der Waals surface area contributed by atoms with Crippen molar-refractivity contribution >= 4 is 23.5 Å². The molecule has 1 saturated carbocycles. The first-order chi connectivity index (χ1) is 25.6. The monoisotopic (exact) mass is 715 g/mol. The smallest absolute Gasteiger partial charge is 0.306 e. The highest BCUT2D eigenvalue weighted by atomic mass is 16.5. The molecule has 1 aliphatic heterocycles. The van der Waals surface area contributed by atoms with Crippen LogP contribution in [0.2, 0.25) is 0 Å². The third-order valence-electron chi connectivity index (χ3n) is 10.5. The zero-order valence-electron chi connectivity index (χ0n) is 31.4. The number of ether oxygens (including phenoxy) is 3. The molecule has 1 N–H and O–H groups in total. The zero-order chi connectivity index (χ0) is 37.2. The molecule has 0 aromatic heterocycles. The molecule has 7 nitrogen and oxygen atoms in total. The number of hydrogen-bond acceptors (Lipinski definition) is 6. The van der Waals surface area contributed by atoms with Gasteiger partial charge in [0.1, 0.15) is 24.2 Å². The molecule has 1 fully saturated rings. The van der Waals surface area contributed by atoms with Crippen molar-refractivity contribution in [3.05, 3.63) is 125 Å². The van der Waals surface area contributed by atoms with Crippen molar-refractivity contribution in [2.75, 3.05) is 5.32 Å². The maximum absolute atomic E-state index is 13.9. The van der Waals surface area contributed by atoms with Crippen LogP contribution in [0.25, 0.3) is 0 Å². The fourth-order valence-electron chi connectivity index (χ4n) is 7.73. The van der Waals surface area contributed by atoms with Crippen LogP contribution in [0.3, 0.4) is 0 Å². The van der Waals surface area contributed by atoms with Crippen LogP contribution in [0.4, 0.5) is 5.69 Å². The van der Waals surface area contributed by atoms with Crippen LogP contribution in [-0.2, 0) is 42.3 Å². The third kappa shape index (κ3) is 10.6. The summed E-state index contributed by atoms with van der Waals surface area (Å²) in [5, 5.41) is 3.29. The van der Waals surface area contributed by atoms with E-state index in [2.05, 4.69) is 44.3 Å². The van der Waals surface area contributed by atoms with Gasteiger partial charge in [-0.25, -0.2) is 0 Å². The maximum atomic E-state index is 13.9. The lowest BCUT2D eigenvalue weighted by molar-refractivity contribution is -0.155. The highest BCUT2D eigenvalue weighted by Crippen LogP contribution is 2.45. The van der Waals surface area contributed by atoms with E-state index in [4.69, 9.17) is 14.2 Å². The number of aryl methyl sites for hydroxylation is 1. The molecular weight excluding hydrogens is 663 g/mol. The van der Waals surface area contributed by atoms with Crippen LogP contribution in [0, 0.1) is 5.92 Å². The normalized spacial score (nSPS) is 15.0. The standard InChI is InChI=1S/C46H53NO6/c1-46(2,3)39-25-23-33(29-40(39)47-43(48)30-38-36-18-10-12-20-41(36)53-42-21-13-11-19-37(38)42)22-24-35(28-32-14-6-4-7-15-32)52-45(50)27-26-44(49)51-31-34-16-8-5-9-17-34/h5,8-13,16-21,23,25,29,32,35,38H,4,6-7,14-15,22,24,26-28,30-31H2,1-3H3,(H,47,48)/t35-/m1/s1. The molecule has 0 bridgehead atoms. The number of rotatable bonds is 14. The van der Waals surface area contributed by atoms with E-state index >= 15 is 0 Å². The summed E-state index contributed by atoms with van der Waals surface area (Å²) in [4.78, 5) is 39.3. The van der Waals surface area contributed by atoms with Gasteiger partial charge in [0.25, 0.3) is 0 Å². The van der Waals surface area contributed by atoms with E-state index < -0.39 is 5.97 Å². The minimum atomic E-state index is -0.409. The van der Waals surface area contributed by atoms with Crippen molar-refractivity contribution in [1.29, 1.82) is 0 Å². The van der Waals surface area contributed by atoms with Crippen LogP contribution >= 0.6 is 0 Å². The zero-order valence-corrected chi connectivity index (χ0v) is 31.4. The van der Waals surface area contributed by atoms with E-state index in [1.807, 2.05) is 78.9 Å². The predicted molar refractivity (Wildman–Crippen MR) is 208 cm³/mol. The second-order valence-electron chi connectivity index (χ2n) is 15.6. The Kier molecular flexibility index (Phi) is 12.7. The van der Waals surface area contributed by atoms with Gasteiger partial charge in [-0.3, -0.25) is 14.4 Å². The molecule has 278 valence electrons. The molecule has 0 unspecified atom stereocenters. The van der Waals surface area contributed by atoms with E-state index in [0.717, 1.165) is 64.3 Å². The molecule has 1 aliphatic carbocycles. The molecule has 6 rings (SSSR count). The van der Waals surface area contributed by atoms with Gasteiger partial charge >= 0.3 is 11.9 Å². The minimum Gasteiger partial charge on any atom is -0.462 e. The summed E-state index contributed by atoms with van der Waals surface area (Å²) < 4.78 is 17.6. The van der Waals surface area contributed by atoms with Crippen molar-refractivity contribution in [1.82, 2.24) is 0 Å². The van der Waals surface area contributed by atoms with Gasteiger partial charge in [0.05, 0.1) is 12.8 Å². The number of fused-ring (bicyclic) bond motifs is 2. The van der Waals surface area contributed by atoms with Gasteiger partial charge in [0.2, 0.25) is 5.91 Å². The molecule has 1 heterocycles. The Labute approximate surface area is 314 Å². The molecule has 0 saturated heterocycles. The van der Waals surface area contributed by atoms with Gasteiger partial charge in [-0.15, -0.1) is 0 Å². The topological polar surface area (TPSA) is 90.9 Å². The second-order valence-corrected chi connectivity index (χ2v) is 15.6. The van der Waals surface area contributed by atoms with Gasteiger partial charge in [-0.2, -0.15) is 0 Å². The van der Waals surface area contributed by atoms with Gasteiger partial charge in [0, 0.05) is 29.2 Å². The van der Waals surface area contributed by atoms with Crippen molar-refractivity contribution in [3.8, 4) is 11.5 Å². The van der Waals surface area contributed by atoms with Crippen molar-refractivity contribution in [2.45, 2.75) is 115 Å². The Bertz CT molecular complexity index is 1810. The number of amides is 1. The van der Waals surface area contributed by atoms with E-state index in [1.165, 1.54) is 19.3 Å². The maximum Gasteiger partial charge on any atom is 0.306 e. The molecule has 1 atom stereocenters. The lowest BCUT2D eigenvalue weighted by atomic mass is 9.83. The fraction of sp³-hybridized carbons (Fsp3) is 0.413. The lowest BCUT2D eigenvalue weighted by Gasteiger charge is -2.29. The number of anilines is 1. The summed E-state index contributed by atoms with van der Waals surface area (Å²) >= 11 is 0. The Morgan fingerprint density at radius 3 is 2.09 bits per heavy atom. The minimum absolute atomic E-state index is 0.00663. The van der Waals surface area contributed by atoms with Crippen molar-refractivity contribution in [2.24, 2.45) is 5.92 Å². The Balaban J connectivity index is 1.11. The summed E-state index contributed by atoms with van der Waals surface area (Å²) in [6.07, 6.45) is 8.17. The number of carbonyl (C=O) groups is 3. The van der Waals surface area contributed by atoms with Crippen molar-refractivity contribution in [3.63, 3.8) is 0 Å². The van der Waals surface area contributed by atoms with E-state index in [9.17, 15) is 14.4 Å². The van der Waals surface area contributed by atoms with Gasteiger partial charge in [-0.1, -0.05) is 132 Å². The number of nitrogens with one attached hydrogen (secondary N) is 1. The Morgan fingerprint density at radius 1 is 0.774 bits per heavy atom. The first kappa shape index (κ1) is 37.8. The first-order valence-corrected chi connectivity index (χ1v) is 19.3. The van der Waals surface area contributed by atoms with Crippen LogP contribution in [0.15, 0.2) is 97.1 Å². The van der Waals surface area contributed by atoms with Crippen LogP contribution in [0.1, 0.15) is 119 Å². The average Bonchev–Trinajstić information content (AvgIpc) is 3.15. The van der Waals surface area contributed by atoms with Crippen LogP contribution in [0.5, 0.6) is 11.5 Å². The fourth-order valence-corrected chi connectivity index (χ4v) is 7.73. The summed E-state index contributed by atoms with van der Waals surface area (Å²) in [6.45, 7) is 6.64. The quantitative estimate of drug-likeness (QED) is 0.131. The van der Waals surface area contributed by atoms with E-state index in [-0.39, 0.29) is 55.2 Å². The number of carbonyl (C=O) groups excluding carboxylic acids is 3. The molecule has 4 aromatic carbocycles. The number of hydrogen-bond donors (Lipinski definition) is 1. The molecule has 2 aliphatic rings. The molecular formula is C46H53NO6. The molecule has 1 amide bonds. The van der Waals surface area contributed by atoms with E-state index in [0.29, 0.717) is 18.8 Å². The van der Waals surface area contributed by atoms with Gasteiger partial charge in [-0.05, 0) is 65.5 Å². The third-order valence-corrected chi connectivity index (χ3v) is 10.5. The molecule has 0 spiro atoms. The largest absolute Gasteiger partial charge is 0.462 e. The Morgan fingerprint density at radius 2 is 1.42 bits per heavy atom. The average molecular weight is 716 g/mol. The molecule has 0 radical (unpaired) electrons. The molecule has 53 heavy (non-hydrogen) atoms. The second kappa shape index (κ2) is 17.7. The highest BCUT2D eigenvalue weighted by molar-refractivity contribution is 5.93. The van der Waals surface area contributed by atoms with Crippen LogP contribution < -0.4 is 10.1 Å². The van der Waals surface area contributed by atoms with Gasteiger partial charge < -0.3 is 19.5 Å². The SMILES string of the molecule is CC(C)(C)c1ccc(CC[C@H](CC2CCCCC2)OC(=O)CCC(=O)OCc2ccccc2)cc1NC(=O)CC1c2ccccc2Oc2ccccc21. The Hall–Kier alpha value is -4.91. The number of para-hydroxylation sites is 2. The lowest BCUT2D eigenvalue weighted by Crippen LogP contribution is -2.24. The summed E-state index contributed by atoms with van der Waals surface area (Å²) in [5.41, 5.74) is 5.67. The molecule has 4 aromatic rings. The predicted octanol–water partition coefficient (Wildman–Crippen LogP) is 10.6. The molecule has 7 heteroatoms.